The normalized spacial score (nSPS) is 14.6. The molecule has 0 bridgehead atoms. The molecule has 1 aromatic carbocycles. The zero-order valence-corrected chi connectivity index (χ0v) is 19.3. The van der Waals surface area contributed by atoms with Crippen LogP contribution in [0.5, 0.6) is 11.5 Å². The van der Waals surface area contributed by atoms with E-state index in [4.69, 9.17) is 19.9 Å². The molecule has 178 valence electrons. The van der Waals surface area contributed by atoms with Gasteiger partial charge in [0.1, 0.15) is 11.6 Å². The fourth-order valence-corrected chi connectivity index (χ4v) is 2.85. The molecular formula is C23H33NO8. The number of ether oxygens (including phenoxy) is 3. The zero-order chi connectivity index (χ0) is 24.5. The lowest BCUT2D eigenvalue weighted by Crippen LogP contribution is -2.52. The molecule has 9 nitrogen and oxygen atoms in total. The first kappa shape index (κ1) is 27.1. The number of aliphatic carboxylic acids is 1. The molecule has 1 aromatic rings. The Morgan fingerprint density at radius 3 is 2.06 bits per heavy atom. The average Bonchev–Trinajstić information content (AvgIpc) is 2.74. The van der Waals surface area contributed by atoms with Gasteiger partial charge in [-0.25, -0.2) is 0 Å². The summed E-state index contributed by atoms with van der Waals surface area (Å²) in [6, 6.07) is 4.39. The van der Waals surface area contributed by atoms with Crippen molar-refractivity contribution >= 4 is 23.9 Å². The van der Waals surface area contributed by atoms with Gasteiger partial charge in [0.2, 0.25) is 0 Å². The van der Waals surface area contributed by atoms with Crippen LogP contribution in [0.15, 0.2) is 18.2 Å². The van der Waals surface area contributed by atoms with E-state index in [0.717, 1.165) is 0 Å². The molecule has 0 heterocycles. The van der Waals surface area contributed by atoms with Gasteiger partial charge in [0.15, 0.2) is 11.5 Å². The van der Waals surface area contributed by atoms with Crippen LogP contribution in [0.2, 0.25) is 0 Å². The molecule has 0 spiro atoms. The first-order valence-electron chi connectivity index (χ1n) is 10.7. The maximum atomic E-state index is 12.0. The minimum atomic E-state index is -1.75. The van der Waals surface area contributed by atoms with Crippen molar-refractivity contribution in [1.82, 2.24) is 0 Å². The quantitative estimate of drug-likeness (QED) is 0.362. The molecular weight excluding hydrogens is 418 g/mol. The number of carbonyl (C=O) groups is 4. The van der Waals surface area contributed by atoms with Crippen molar-refractivity contribution in [2.75, 3.05) is 0 Å². The molecule has 9 heteroatoms. The van der Waals surface area contributed by atoms with Crippen LogP contribution in [0, 0.1) is 5.92 Å². The Morgan fingerprint density at radius 1 is 1.00 bits per heavy atom. The summed E-state index contributed by atoms with van der Waals surface area (Å²) in [6.45, 7) is 8.41. The Hall–Kier alpha value is -2.94. The van der Waals surface area contributed by atoms with Gasteiger partial charge in [-0.05, 0) is 31.0 Å². The van der Waals surface area contributed by atoms with Gasteiger partial charge in [-0.3, -0.25) is 19.2 Å². The number of carbonyl (C=O) groups excluding carboxylic acids is 3. The fourth-order valence-electron chi connectivity index (χ4n) is 2.85. The second-order valence-corrected chi connectivity index (χ2v) is 7.84. The minimum absolute atomic E-state index is 0.000126. The predicted molar refractivity (Wildman–Crippen MR) is 116 cm³/mol. The van der Waals surface area contributed by atoms with Crippen LogP contribution in [-0.4, -0.2) is 40.6 Å². The molecule has 0 amide bonds. The van der Waals surface area contributed by atoms with E-state index in [-0.39, 0.29) is 43.1 Å². The molecule has 0 saturated heterocycles. The highest BCUT2D eigenvalue weighted by Crippen LogP contribution is 2.31. The Labute approximate surface area is 188 Å². The second-order valence-electron chi connectivity index (χ2n) is 7.84. The Balaban J connectivity index is 3.13. The summed E-state index contributed by atoms with van der Waals surface area (Å²) in [5, 5.41) is 9.77. The number of carboxylic acid groups (broad SMARTS) is 1. The Bertz CT molecular complexity index is 837. The van der Waals surface area contributed by atoms with Gasteiger partial charge < -0.3 is 25.1 Å². The largest absolute Gasteiger partial charge is 0.480 e. The molecule has 0 aliphatic carbocycles. The van der Waals surface area contributed by atoms with Gasteiger partial charge in [0, 0.05) is 25.7 Å². The van der Waals surface area contributed by atoms with E-state index in [0.29, 0.717) is 12.0 Å². The van der Waals surface area contributed by atoms with Crippen LogP contribution in [0.4, 0.5) is 0 Å². The Kier molecular flexibility index (Phi) is 10.3. The van der Waals surface area contributed by atoms with Gasteiger partial charge >= 0.3 is 23.9 Å². The molecule has 0 aromatic heterocycles. The third kappa shape index (κ3) is 7.96. The van der Waals surface area contributed by atoms with Crippen LogP contribution < -0.4 is 15.2 Å². The molecule has 0 saturated carbocycles. The maximum absolute atomic E-state index is 12.0. The van der Waals surface area contributed by atoms with E-state index in [1.807, 2.05) is 6.92 Å². The van der Waals surface area contributed by atoms with Crippen LogP contribution in [0.3, 0.4) is 0 Å². The number of hydrogen-bond donors (Lipinski definition) is 2. The van der Waals surface area contributed by atoms with E-state index in [9.17, 15) is 24.3 Å². The highest BCUT2D eigenvalue weighted by atomic mass is 16.6. The number of nitrogens with two attached hydrogens (primary N) is 1. The van der Waals surface area contributed by atoms with Gasteiger partial charge in [-0.1, -0.05) is 33.8 Å². The van der Waals surface area contributed by atoms with Crippen molar-refractivity contribution in [2.24, 2.45) is 11.7 Å². The van der Waals surface area contributed by atoms with Crippen LogP contribution >= 0.6 is 0 Å². The Morgan fingerprint density at radius 2 is 1.56 bits per heavy atom. The summed E-state index contributed by atoms with van der Waals surface area (Å²) in [6.07, 6.45) is -0.152. The van der Waals surface area contributed by atoms with Crippen molar-refractivity contribution in [1.29, 1.82) is 0 Å². The molecule has 3 N–H and O–H groups in total. The number of rotatable bonds is 12. The number of esters is 3. The van der Waals surface area contributed by atoms with Crippen LogP contribution in [0.1, 0.15) is 65.9 Å². The lowest BCUT2D eigenvalue weighted by molar-refractivity contribution is -0.156. The van der Waals surface area contributed by atoms with Crippen molar-refractivity contribution in [3.63, 3.8) is 0 Å². The molecule has 3 atom stereocenters. The lowest BCUT2D eigenvalue weighted by Gasteiger charge is -2.28. The molecule has 0 radical (unpaired) electrons. The third-order valence-corrected chi connectivity index (χ3v) is 4.96. The van der Waals surface area contributed by atoms with Gasteiger partial charge in [0.05, 0.1) is 5.92 Å². The summed E-state index contributed by atoms with van der Waals surface area (Å²) < 4.78 is 15.8. The maximum Gasteiger partial charge on any atom is 0.324 e. The van der Waals surface area contributed by atoms with Gasteiger partial charge in [-0.15, -0.1) is 0 Å². The number of hydrogen-bond acceptors (Lipinski definition) is 8. The van der Waals surface area contributed by atoms with Crippen molar-refractivity contribution in [3.05, 3.63) is 23.8 Å². The topological polar surface area (TPSA) is 142 Å². The third-order valence-electron chi connectivity index (χ3n) is 4.96. The summed E-state index contributed by atoms with van der Waals surface area (Å²) in [7, 11) is 0. The zero-order valence-electron chi connectivity index (χ0n) is 19.3. The number of benzene rings is 1. The SMILES string of the molecule is CCC(=O)Oc1ccc(CC(N)(C[C@H](C)OC(=O)C(C)CC)C(=O)O)cc1OC(=O)CC. The molecule has 0 aliphatic rings. The van der Waals surface area contributed by atoms with E-state index in [2.05, 4.69) is 0 Å². The van der Waals surface area contributed by atoms with Crippen LogP contribution in [0.25, 0.3) is 0 Å². The van der Waals surface area contributed by atoms with Crippen molar-refractivity contribution < 1.29 is 38.5 Å². The smallest absolute Gasteiger partial charge is 0.324 e. The predicted octanol–water partition coefficient (Wildman–Crippen LogP) is 3.01. The fraction of sp³-hybridized carbons (Fsp3) is 0.565. The van der Waals surface area contributed by atoms with Crippen molar-refractivity contribution in [2.45, 2.75) is 78.4 Å². The lowest BCUT2D eigenvalue weighted by atomic mass is 9.86. The van der Waals surface area contributed by atoms with Crippen LogP contribution in [-0.2, 0) is 30.3 Å². The average molecular weight is 452 g/mol. The minimum Gasteiger partial charge on any atom is -0.480 e. The van der Waals surface area contributed by atoms with E-state index < -0.39 is 35.5 Å². The monoisotopic (exact) mass is 451 g/mol. The van der Waals surface area contributed by atoms with Gasteiger partial charge in [-0.2, -0.15) is 0 Å². The molecule has 32 heavy (non-hydrogen) atoms. The van der Waals surface area contributed by atoms with Gasteiger partial charge in [0.25, 0.3) is 0 Å². The number of carboxylic acids is 1. The summed E-state index contributed by atoms with van der Waals surface area (Å²) >= 11 is 0. The molecule has 1 rings (SSSR count). The van der Waals surface area contributed by atoms with Crippen molar-refractivity contribution in [3.8, 4) is 11.5 Å². The molecule has 0 aliphatic heterocycles. The van der Waals surface area contributed by atoms with E-state index >= 15 is 0 Å². The highest BCUT2D eigenvalue weighted by Gasteiger charge is 2.37. The second kappa shape index (κ2) is 12.2. The summed E-state index contributed by atoms with van der Waals surface area (Å²) in [5.41, 5.74) is 4.89. The standard InChI is InChI=1S/C23H33NO8/c1-6-14(4)21(27)30-15(5)12-23(24,22(28)29)13-16-9-10-17(31-19(25)7-2)18(11-16)32-20(26)8-3/h9-11,14-15H,6-8,12-13,24H2,1-5H3,(H,28,29)/t14?,15-,23?/m0/s1. The summed E-state index contributed by atoms with van der Waals surface area (Å²) in [4.78, 5) is 47.5. The molecule has 0 fully saturated rings. The first-order chi connectivity index (χ1) is 14.9. The highest BCUT2D eigenvalue weighted by molar-refractivity contribution is 5.80. The summed E-state index contributed by atoms with van der Waals surface area (Å²) in [5.74, 6) is -2.98. The molecule has 2 unspecified atom stereocenters. The first-order valence-corrected chi connectivity index (χ1v) is 10.7. The van der Waals surface area contributed by atoms with E-state index in [1.54, 1.807) is 33.8 Å². The van der Waals surface area contributed by atoms with E-state index in [1.165, 1.54) is 12.1 Å².